The number of hydrogen-bond acceptors (Lipinski definition) is 6. The maximum atomic E-state index is 16.8. The molecule has 0 spiro atoms. The van der Waals surface area contributed by atoms with Crippen molar-refractivity contribution in [3.8, 4) is 35.2 Å². The maximum Gasteiger partial charge on any atom is 0.226 e. The third kappa shape index (κ3) is 3.77. The Morgan fingerprint density at radius 2 is 1.77 bits per heavy atom. The van der Waals surface area contributed by atoms with E-state index < -0.39 is 11.6 Å². The zero-order valence-corrected chi connectivity index (χ0v) is 22.5. The molecule has 2 saturated carbocycles. The Labute approximate surface area is 230 Å². The van der Waals surface area contributed by atoms with E-state index in [-0.39, 0.29) is 40.6 Å². The molecule has 4 fully saturated rings. The van der Waals surface area contributed by atoms with Crippen molar-refractivity contribution in [3.05, 3.63) is 47.2 Å². The largest absolute Gasteiger partial charge is 0.508 e. The molecule has 0 radical (unpaired) electrons. The molecule has 3 N–H and O–H groups in total. The summed E-state index contributed by atoms with van der Waals surface area (Å²) >= 11 is 0. The van der Waals surface area contributed by atoms with E-state index in [0.29, 0.717) is 52.5 Å². The van der Waals surface area contributed by atoms with E-state index in [1.165, 1.54) is 24.3 Å². The number of nitrogens with one attached hydrogen (secondary N) is 2. The van der Waals surface area contributed by atoms with Crippen LogP contribution in [0.5, 0.6) is 11.6 Å². The number of fused-ring (bicyclic) bond motifs is 3. The molecule has 206 valence electrons. The minimum absolute atomic E-state index is 0.000784. The molecule has 2 aromatic carbocycles. The number of piperidine rings is 1. The second kappa shape index (κ2) is 9.43. The van der Waals surface area contributed by atoms with E-state index in [4.69, 9.17) is 21.2 Å². The van der Waals surface area contributed by atoms with Gasteiger partial charge in [-0.15, -0.1) is 6.42 Å². The van der Waals surface area contributed by atoms with Crippen molar-refractivity contribution in [3.63, 3.8) is 0 Å². The van der Waals surface area contributed by atoms with Gasteiger partial charge in [-0.25, -0.2) is 13.8 Å². The Morgan fingerprint density at radius 3 is 2.42 bits per heavy atom. The standard InChI is InChI=1S/C29H25F2N5O2.C2H6/c1-2-17-21(30)6-3-13-7-15(37)8-18(22(13)17)26-25(31)28-24(29(34-26)38-16-9-32-10-16)27(35-36(28)14-4-5-14)23-19-11-33-12-20(19)23;1-2/h1,3,6-8,14,16,19-20,23,32-33,37H,4-5,9-12H2;1-2H3. The SMILES string of the molecule is C#Cc1c(F)ccc2cc(O)cc(-c3nc(OC4CNC4)c4c(C5C6CNCC65)nn(C5CC5)c4c3F)c12.CC. The molecule has 2 aliphatic heterocycles. The highest BCUT2D eigenvalue weighted by atomic mass is 19.1. The number of rotatable bonds is 5. The van der Waals surface area contributed by atoms with Crippen LogP contribution in [0, 0.1) is 35.8 Å². The number of nitrogens with zero attached hydrogens (tertiary/aromatic N) is 3. The highest BCUT2D eigenvalue weighted by Gasteiger charge is 2.56. The number of pyridine rings is 1. The number of aromatic nitrogens is 3. The Kier molecular flexibility index (Phi) is 5.95. The van der Waals surface area contributed by atoms with Gasteiger partial charge in [0.25, 0.3) is 0 Å². The van der Waals surface area contributed by atoms with Crippen molar-refractivity contribution < 1.29 is 18.6 Å². The predicted molar refractivity (Wildman–Crippen MR) is 149 cm³/mol. The summed E-state index contributed by atoms with van der Waals surface area (Å²) in [6.07, 6.45) is 7.45. The molecule has 4 heterocycles. The maximum absolute atomic E-state index is 16.8. The third-order valence-electron chi connectivity index (χ3n) is 8.55. The van der Waals surface area contributed by atoms with E-state index in [9.17, 15) is 9.50 Å². The van der Waals surface area contributed by atoms with Crippen molar-refractivity contribution in [2.24, 2.45) is 11.8 Å². The van der Waals surface area contributed by atoms with Gasteiger partial charge in [-0.1, -0.05) is 25.8 Å². The van der Waals surface area contributed by atoms with Gasteiger partial charge < -0.3 is 20.5 Å². The molecule has 40 heavy (non-hydrogen) atoms. The van der Waals surface area contributed by atoms with Crippen LogP contribution in [0.15, 0.2) is 24.3 Å². The number of aromatic hydroxyl groups is 1. The summed E-state index contributed by atoms with van der Waals surface area (Å²) in [5, 5.41) is 23.6. The summed E-state index contributed by atoms with van der Waals surface area (Å²) in [5.41, 5.74) is 1.41. The summed E-state index contributed by atoms with van der Waals surface area (Å²) in [6.45, 7) is 7.20. The summed E-state index contributed by atoms with van der Waals surface area (Å²) in [4.78, 5) is 4.75. The fraction of sp³-hybridized carbons (Fsp3) is 0.419. The fourth-order valence-electron chi connectivity index (χ4n) is 6.35. The number of hydrogen-bond donors (Lipinski definition) is 3. The molecule has 7 nitrogen and oxygen atoms in total. The van der Waals surface area contributed by atoms with E-state index in [1.807, 2.05) is 18.5 Å². The first-order chi connectivity index (χ1) is 19.5. The van der Waals surface area contributed by atoms with Gasteiger partial charge >= 0.3 is 0 Å². The number of benzene rings is 2. The number of terminal acetylenes is 1. The molecule has 2 aromatic heterocycles. The first-order valence-corrected chi connectivity index (χ1v) is 14.2. The van der Waals surface area contributed by atoms with E-state index >= 15 is 4.39 Å². The van der Waals surface area contributed by atoms with Gasteiger partial charge in [0.15, 0.2) is 5.82 Å². The minimum Gasteiger partial charge on any atom is -0.508 e. The molecule has 0 amide bonds. The minimum atomic E-state index is -0.593. The molecule has 2 saturated heterocycles. The monoisotopic (exact) mass is 543 g/mol. The number of phenolic OH excluding ortho intramolecular Hbond substituents is 1. The van der Waals surface area contributed by atoms with Crippen LogP contribution in [-0.4, -0.2) is 52.2 Å². The lowest BCUT2D eigenvalue weighted by molar-refractivity contribution is 0.138. The molecular formula is C31H31F2N5O2. The summed E-state index contributed by atoms with van der Waals surface area (Å²) in [6, 6.07) is 5.77. The molecule has 9 heteroatoms. The molecule has 2 unspecified atom stereocenters. The Bertz CT molecular complexity index is 1690. The average Bonchev–Trinajstić information content (AvgIpc) is 3.81. The fourth-order valence-corrected chi connectivity index (χ4v) is 6.35. The van der Waals surface area contributed by atoms with Crippen molar-refractivity contribution in [2.45, 2.75) is 44.8 Å². The molecule has 2 aliphatic carbocycles. The zero-order chi connectivity index (χ0) is 27.7. The lowest BCUT2D eigenvalue weighted by Crippen LogP contribution is -2.50. The number of halogens is 2. The first kappa shape index (κ1) is 25.2. The third-order valence-corrected chi connectivity index (χ3v) is 8.55. The highest BCUT2D eigenvalue weighted by Crippen LogP contribution is 2.58. The molecule has 8 rings (SSSR count). The van der Waals surface area contributed by atoms with Gasteiger partial charge in [0.1, 0.15) is 28.9 Å². The summed E-state index contributed by atoms with van der Waals surface area (Å²) < 4.78 is 39.7. The topological polar surface area (TPSA) is 84.2 Å². The van der Waals surface area contributed by atoms with Crippen molar-refractivity contribution in [1.29, 1.82) is 0 Å². The van der Waals surface area contributed by atoms with Gasteiger partial charge in [-0.2, -0.15) is 5.10 Å². The van der Waals surface area contributed by atoms with Gasteiger partial charge in [0.2, 0.25) is 5.88 Å². The lowest BCUT2D eigenvalue weighted by Gasteiger charge is -2.28. The Morgan fingerprint density at radius 1 is 1.05 bits per heavy atom. The lowest BCUT2D eigenvalue weighted by atomic mass is 9.95. The number of ether oxygens (including phenoxy) is 1. The van der Waals surface area contributed by atoms with Crippen LogP contribution in [0.3, 0.4) is 0 Å². The molecular weight excluding hydrogens is 512 g/mol. The van der Waals surface area contributed by atoms with Crippen molar-refractivity contribution in [2.75, 3.05) is 26.2 Å². The number of phenols is 1. The van der Waals surface area contributed by atoms with E-state index in [0.717, 1.165) is 31.6 Å². The summed E-state index contributed by atoms with van der Waals surface area (Å²) in [7, 11) is 0. The Balaban J connectivity index is 0.00000130. The summed E-state index contributed by atoms with van der Waals surface area (Å²) in [5.74, 6) is 2.71. The predicted octanol–water partition coefficient (Wildman–Crippen LogP) is 4.86. The van der Waals surface area contributed by atoms with Crippen molar-refractivity contribution >= 4 is 21.7 Å². The van der Waals surface area contributed by atoms with Crippen molar-refractivity contribution in [1.82, 2.24) is 25.4 Å². The molecule has 4 aromatic rings. The van der Waals surface area contributed by atoms with Gasteiger partial charge in [0, 0.05) is 30.0 Å². The van der Waals surface area contributed by atoms with E-state index in [2.05, 4.69) is 16.6 Å². The van der Waals surface area contributed by atoms with Crippen LogP contribution in [0.4, 0.5) is 8.78 Å². The van der Waals surface area contributed by atoms with Gasteiger partial charge in [0.05, 0.1) is 22.7 Å². The van der Waals surface area contributed by atoms with Crippen LogP contribution < -0.4 is 15.4 Å². The second-order valence-corrected chi connectivity index (χ2v) is 10.9. The first-order valence-electron chi connectivity index (χ1n) is 14.2. The quantitative estimate of drug-likeness (QED) is 0.312. The van der Waals surface area contributed by atoms with Crippen LogP contribution in [0.25, 0.3) is 32.9 Å². The smallest absolute Gasteiger partial charge is 0.226 e. The second-order valence-electron chi connectivity index (χ2n) is 10.9. The van der Waals surface area contributed by atoms with Gasteiger partial charge in [-0.3, -0.25) is 4.68 Å². The van der Waals surface area contributed by atoms with Crippen LogP contribution >= 0.6 is 0 Å². The molecule has 0 bridgehead atoms. The molecule has 2 atom stereocenters. The average molecular weight is 544 g/mol. The van der Waals surface area contributed by atoms with Crippen LogP contribution in [-0.2, 0) is 0 Å². The highest BCUT2D eigenvalue weighted by molar-refractivity contribution is 6.03. The zero-order valence-electron chi connectivity index (χ0n) is 22.5. The van der Waals surface area contributed by atoms with Crippen LogP contribution in [0.2, 0.25) is 0 Å². The van der Waals surface area contributed by atoms with Gasteiger partial charge in [-0.05, 0) is 61.4 Å². The van der Waals surface area contributed by atoms with E-state index in [1.54, 1.807) is 0 Å². The molecule has 4 aliphatic rings. The van der Waals surface area contributed by atoms with Crippen LogP contribution in [0.1, 0.15) is 49.9 Å². The Hall–Kier alpha value is -3.74. The normalized spacial score (nSPS) is 23.3.